The average Bonchev–Trinajstić information content (AvgIpc) is 3.28. The van der Waals surface area contributed by atoms with Crippen LogP contribution in [0, 0.1) is 0 Å². The fraction of sp³-hybridized carbons (Fsp3) is 1.00. The van der Waals surface area contributed by atoms with Crippen molar-refractivity contribution in [3.05, 3.63) is 0 Å². The fourth-order valence-electron chi connectivity index (χ4n) is 5.68. The van der Waals surface area contributed by atoms with Crippen LogP contribution in [0.5, 0.6) is 0 Å². The summed E-state index contributed by atoms with van der Waals surface area (Å²) >= 11 is 0. The second kappa shape index (κ2) is 51.3. The zero-order chi connectivity index (χ0) is 44.3. The number of aliphatic hydroxyl groups is 1. The maximum absolute atomic E-state index is 8.70. The van der Waals surface area contributed by atoms with Crippen molar-refractivity contribution in [1.29, 1.82) is 0 Å². The first-order valence-corrected chi connectivity index (χ1v) is 23.3. The standard InChI is InChI=1S/C44H88O18/c1-3-5-8-46-11-14-49-17-20-52-23-25-55-28-31-58-34-37-61-43-39-42(60-36-33-57-30-27-54-22-19-51-16-13-48-10-7-45)40-44(41-43)62-38-35-59-32-29-56-26-24-53-21-18-50-15-12-47-9-6-4-2/h42-45H,3-41H2,1-2H3. The minimum absolute atomic E-state index is 0.0123. The Morgan fingerprint density at radius 1 is 0.258 bits per heavy atom. The van der Waals surface area contributed by atoms with Crippen LogP contribution in [0.15, 0.2) is 0 Å². The monoisotopic (exact) mass is 905 g/mol. The molecule has 1 rings (SSSR count). The van der Waals surface area contributed by atoms with Gasteiger partial charge in [-0.25, -0.2) is 0 Å². The highest BCUT2D eigenvalue weighted by atomic mass is 16.6. The summed E-state index contributed by atoms with van der Waals surface area (Å²) in [5.74, 6) is 0. The minimum atomic E-state index is -0.0163. The lowest BCUT2D eigenvalue weighted by atomic mass is 9.92. The van der Waals surface area contributed by atoms with Gasteiger partial charge in [-0.2, -0.15) is 0 Å². The van der Waals surface area contributed by atoms with E-state index in [1.165, 1.54) is 0 Å². The average molecular weight is 905 g/mol. The van der Waals surface area contributed by atoms with Crippen molar-refractivity contribution in [2.45, 2.75) is 77.1 Å². The second-order valence-electron chi connectivity index (χ2n) is 14.2. The SMILES string of the molecule is CCCCOCCOCCOCCOCCOCCOC1CC(OCCOCCOCCOCCOCCO)CC(OCCOCCOCCOCCOCCOCCCC)C1. The molecule has 2 atom stereocenters. The predicted molar refractivity (Wildman–Crippen MR) is 231 cm³/mol. The maximum atomic E-state index is 8.70. The van der Waals surface area contributed by atoms with E-state index in [-0.39, 0.29) is 24.9 Å². The Balaban J connectivity index is 2.17. The number of hydrogen-bond acceptors (Lipinski definition) is 18. The van der Waals surface area contributed by atoms with Crippen LogP contribution >= 0.6 is 0 Å². The quantitative estimate of drug-likeness (QED) is 0.0881. The Morgan fingerprint density at radius 2 is 0.435 bits per heavy atom. The van der Waals surface area contributed by atoms with E-state index in [0.717, 1.165) is 58.2 Å². The zero-order valence-corrected chi connectivity index (χ0v) is 38.7. The van der Waals surface area contributed by atoms with Crippen LogP contribution in [0.3, 0.4) is 0 Å². The summed E-state index contributed by atoms with van der Waals surface area (Å²) in [6.07, 6.45) is 6.70. The lowest BCUT2D eigenvalue weighted by Gasteiger charge is -2.34. The van der Waals surface area contributed by atoms with Crippen molar-refractivity contribution < 1.29 is 85.6 Å². The molecule has 0 aromatic rings. The molecule has 0 amide bonds. The molecule has 1 aliphatic carbocycles. The Morgan fingerprint density at radius 3 is 0.629 bits per heavy atom. The Kier molecular flexibility index (Phi) is 49.0. The number of ether oxygens (including phenoxy) is 17. The molecule has 2 unspecified atom stereocenters. The van der Waals surface area contributed by atoms with Crippen molar-refractivity contribution in [3.63, 3.8) is 0 Å². The lowest BCUT2D eigenvalue weighted by Crippen LogP contribution is -2.38. The van der Waals surface area contributed by atoms with E-state index in [9.17, 15) is 0 Å². The molecule has 18 nitrogen and oxygen atoms in total. The van der Waals surface area contributed by atoms with Gasteiger partial charge in [-0.3, -0.25) is 0 Å². The van der Waals surface area contributed by atoms with Gasteiger partial charge in [0.1, 0.15) is 0 Å². The third-order valence-corrected chi connectivity index (χ3v) is 8.93. The summed E-state index contributed by atoms with van der Waals surface area (Å²) in [5.41, 5.74) is 0. The maximum Gasteiger partial charge on any atom is 0.0704 e. The Labute approximate surface area is 373 Å². The highest BCUT2D eigenvalue weighted by Crippen LogP contribution is 2.26. The summed E-state index contributed by atoms with van der Waals surface area (Å²) < 4.78 is 96.2. The van der Waals surface area contributed by atoms with Crippen molar-refractivity contribution in [2.75, 3.05) is 211 Å². The summed E-state index contributed by atoms with van der Waals surface area (Å²) in [6, 6.07) is 0. The van der Waals surface area contributed by atoms with Crippen LogP contribution in [0.1, 0.15) is 58.8 Å². The molecular formula is C44H88O18. The van der Waals surface area contributed by atoms with Crippen molar-refractivity contribution >= 4 is 0 Å². The van der Waals surface area contributed by atoms with Gasteiger partial charge in [0.2, 0.25) is 0 Å². The number of aliphatic hydroxyl groups excluding tert-OH is 1. The highest BCUT2D eigenvalue weighted by Gasteiger charge is 2.30. The molecule has 1 aliphatic rings. The smallest absolute Gasteiger partial charge is 0.0704 e. The fourth-order valence-corrected chi connectivity index (χ4v) is 5.68. The van der Waals surface area contributed by atoms with Crippen LogP contribution in [0.4, 0.5) is 0 Å². The van der Waals surface area contributed by atoms with Gasteiger partial charge >= 0.3 is 0 Å². The molecule has 18 heteroatoms. The molecule has 0 aromatic heterocycles. The molecule has 0 aromatic carbocycles. The highest BCUT2D eigenvalue weighted by molar-refractivity contribution is 4.81. The molecular weight excluding hydrogens is 816 g/mol. The summed E-state index contributed by atoms with van der Waals surface area (Å²) in [6.45, 7) is 20.4. The third-order valence-electron chi connectivity index (χ3n) is 8.93. The molecule has 1 saturated carbocycles. The van der Waals surface area contributed by atoms with Crippen molar-refractivity contribution in [3.8, 4) is 0 Å². The molecule has 372 valence electrons. The first-order chi connectivity index (χ1) is 30.8. The molecule has 0 heterocycles. The second-order valence-corrected chi connectivity index (χ2v) is 14.2. The van der Waals surface area contributed by atoms with E-state index in [1.54, 1.807) is 0 Å². The van der Waals surface area contributed by atoms with Gasteiger partial charge < -0.3 is 85.6 Å². The van der Waals surface area contributed by atoms with Gasteiger partial charge in [0.25, 0.3) is 0 Å². The van der Waals surface area contributed by atoms with E-state index in [1.807, 2.05) is 0 Å². The van der Waals surface area contributed by atoms with Gasteiger partial charge in [-0.15, -0.1) is 0 Å². The first-order valence-electron chi connectivity index (χ1n) is 23.3. The molecule has 0 bridgehead atoms. The van der Waals surface area contributed by atoms with Gasteiger partial charge in [-0.05, 0) is 32.1 Å². The molecule has 1 N–H and O–H groups in total. The Bertz CT molecular complexity index is 789. The Hall–Kier alpha value is -0.720. The van der Waals surface area contributed by atoms with Crippen LogP contribution in [0.25, 0.3) is 0 Å². The van der Waals surface area contributed by atoms with E-state index in [0.29, 0.717) is 192 Å². The van der Waals surface area contributed by atoms with Gasteiger partial charge in [0.15, 0.2) is 0 Å². The van der Waals surface area contributed by atoms with Crippen molar-refractivity contribution in [1.82, 2.24) is 0 Å². The largest absolute Gasteiger partial charge is 0.394 e. The lowest BCUT2D eigenvalue weighted by molar-refractivity contribution is -0.118. The normalized spacial score (nSPS) is 16.8. The summed E-state index contributed by atoms with van der Waals surface area (Å²) in [4.78, 5) is 0. The molecule has 0 saturated heterocycles. The zero-order valence-electron chi connectivity index (χ0n) is 38.7. The van der Waals surface area contributed by atoms with E-state index in [4.69, 9.17) is 85.6 Å². The van der Waals surface area contributed by atoms with Gasteiger partial charge in [-0.1, -0.05) is 26.7 Å². The van der Waals surface area contributed by atoms with Crippen LogP contribution in [-0.4, -0.2) is 235 Å². The number of rotatable bonds is 53. The number of hydrogen-bond donors (Lipinski definition) is 1. The molecule has 0 spiro atoms. The third kappa shape index (κ3) is 44.5. The molecule has 62 heavy (non-hydrogen) atoms. The summed E-state index contributed by atoms with van der Waals surface area (Å²) in [5, 5.41) is 8.70. The minimum Gasteiger partial charge on any atom is -0.394 e. The first kappa shape index (κ1) is 59.3. The van der Waals surface area contributed by atoms with Crippen molar-refractivity contribution in [2.24, 2.45) is 0 Å². The number of unbranched alkanes of at least 4 members (excludes halogenated alkanes) is 2. The van der Waals surface area contributed by atoms with Gasteiger partial charge in [0, 0.05) is 13.2 Å². The molecule has 1 fully saturated rings. The van der Waals surface area contributed by atoms with E-state index in [2.05, 4.69) is 13.8 Å². The van der Waals surface area contributed by atoms with E-state index >= 15 is 0 Å². The van der Waals surface area contributed by atoms with E-state index < -0.39 is 0 Å². The predicted octanol–water partition coefficient (Wildman–Crippen LogP) is 3.15. The molecule has 0 radical (unpaired) electrons. The summed E-state index contributed by atoms with van der Waals surface area (Å²) in [7, 11) is 0. The van der Waals surface area contributed by atoms with Crippen LogP contribution in [-0.2, 0) is 80.5 Å². The van der Waals surface area contributed by atoms with Crippen LogP contribution in [0.2, 0.25) is 0 Å². The molecule has 0 aliphatic heterocycles. The topological polar surface area (TPSA) is 177 Å². The van der Waals surface area contributed by atoms with Gasteiger partial charge in [0.05, 0.1) is 217 Å². The van der Waals surface area contributed by atoms with Crippen LogP contribution < -0.4 is 0 Å².